The fourth-order valence-electron chi connectivity index (χ4n) is 2.85. The number of anilines is 2. The van der Waals surface area contributed by atoms with Crippen molar-refractivity contribution in [2.24, 2.45) is 0 Å². The number of hydrogen-bond acceptors (Lipinski definition) is 7. The van der Waals surface area contributed by atoms with Gasteiger partial charge in [-0.15, -0.1) is 21.5 Å². The number of thiophene rings is 1. The summed E-state index contributed by atoms with van der Waals surface area (Å²) in [5.74, 6) is 0.327. The lowest BCUT2D eigenvalue weighted by Gasteiger charge is -2.18. The highest BCUT2D eigenvalue weighted by Crippen LogP contribution is 2.31. The molecule has 0 saturated carbocycles. The molecule has 1 aromatic carbocycles. The number of benzene rings is 1. The number of para-hydroxylation sites is 1. The first-order valence-corrected chi connectivity index (χ1v) is 12.2. The second kappa shape index (κ2) is 10.2. The molecule has 0 aliphatic carbocycles. The number of amides is 1. The molecule has 3 rings (SSSR count). The summed E-state index contributed by atoms with van der Waals surface area (Å²) in [6, 6.07) is 10.3. The van der Waals surface area contributed by atoms with Crippen LogP contribution in [0.4, 0.5) is 10.8 Å². The van der Waals surface area contributed by atoms with E-state index in [0.717, 1.165) is 39.3 Å². The zero-order valence-corrected chi connectivity index (χ0v) is 19.5. The van der Waals surface area contributed by atoms with Gasteiger partial charge < -0.3 is 10.6 Å². The third-order valence-electron chi connectivity index (χ3n) is 4.46. The smallest absolute Gasteiger partial charge is 0.237 e. The first-order valence-electron chi connectivity index (χ1n) is 9.61. The molecule has 0 aliphatic heterocycles. The van der Waals surface area contributed by atoms with Gasteiger partial charge in [-0.3, -0.25) is 4.79 Å². The number of rotatable bonds is 9. The van der Waals surface area contributed by atoms with Crippen molar-refractivity contribution in [2.45, 2.75) is 49.6 Å². The van der Waals surface area contributed by atoms with Gasteiger partial charge in [-0.25, -0.2) is 0 Å². The Bertz CT molecular complexity index is 937. The van der Waals surface area contributed by atoms with Gasteiger partial charge in [-0.1, -0.05) is 61.2 Å². The third-order valence-corrected chi connectivity index (χ3v) is 7.46. The summed E-state index contributed by atoms with van der Waals surface area (Å²) in [5, 5.41) is 17.4. The van der Waals surface area contributed by atoms with Crippen molar-refractivity contribution in [3.8, 4) is 0 Å². The van der Waals surface area contributed by atoms with Crippen LogP contribution in [0.2, 0.25) is 0 Å². The molecule has 1 amide bonds. The summed E-state index contributed by atoms with van der Waals surface area (Å²) in [7, 11) is 0. The van der Waals surface area contributed by atoms with Crippen LogP contribution >= 0.6 is 34.4 Å². The van der Waals surface area contributed by atoms with Gasteiger partial charge in [-0.2, -0.15) is 0 Å². The maximum atomic E-state index is 12.8. The van der Waals surface area contributed by atoms with Crippen molar-refractivity contribution in [3.63, 3.8) is 0 Å². The van der Waals surface area contributed by atoms with Gasteiger partial charge in [-0.05, 0) is 48.8 Å². The van der Waals surface area contributed by atoms with Crippen LogP contribution < -0.4 is 10.6 Å². The molecule has 0 bridgehead atoms. The van der Waals surface area contributed by atoms with Crippen molar-refractivity contribution in [1.82, 2.24) is 10.2 Å². The van der Waals surface area contributed by atoms with E-state index in [1.54, 1.807) is 11.3 Å². The second-order valence-corrected chi connectivity index (χ2v) is 10.7. The molecule has 2 N–H and O–H groups in total. The summed E-state index contributed by atoms with van der Waals surface area (Å²) in [5.41, 5.74) is 3.16. The quantitative estimate of drug-likeness (QED) is 0.406. The van der Waals surface area contributed by atoms with Crippen LogP contribution in [0.3, 0.4) is 0 Å². The minimum Gasteiger partial charge on any atom is -0.360 e. The van der Waals surface area contributed by atoms with Crippen LogP contribution in [0.5, 0.6) is 0 Å². The van der Waals surface area contributed by atoms with Crippen LogP contribution in [0.1, 0.15) is 42.7 Å². The average Bonchev–Trinajstić information content (AvgIpc) is 3.35. The van der Waals surface area contributed by atoms with Crippen LogP contribution in [-0.4, -0.2) is 27.9 Å². The number of carbonyl (C=O) groups is 1. The SMILES string of the molecule is Cc1cccc(C(C)C)c1NC(=O)C(C)Sc1nnc(NCCc2cccs2)s1. The molecule has 0 saturated heterocycles. The second-order valence-electron chi connectivity index (χ2n) is 7.07. The Balaban J connectivity index is 1.54. The monoisotopic (exact) mass is 446 g/mol. The standard InChI is InChI=1S/C21H26N4OS3/c1-13(2)17-9-5-7-14(3)18(17)23-19(26)15(4)28-21-25-24-20(29-21)22-11-10-16-8-6-12-27-16/h5-9,12-13,15H,10-11H2,1-4H3,(H,22,24)(H,23,26). The highest BCUT2D eigenvalue weighted by Gasteiger charge is 2.20. The largest absolute Gasteiger partial charge is 0.360 e. The molecule has 0 radical (unpaired) electrons. The molecule has 0 spiro atoms. The van der Waals surface area contributed by atoms with E-state index in [2.05, 4.69) is 58.3 Å². The Labute approximate surface area is 184 Å². The van der Waals surface area contributed by atoms with Crippen LogP contribution in [0.15, 0.2) is 40.1 Å². The average molecular weight is 447 g/mol. The molecule has 2 heterocycles. The van der Waals surface area contributed by atoms with Gasteiger partial charge in [0.15, 0.2) is 4.34 Å². The van der Waals surface area contributed by atoms with E-state index in [-0.39, 0.29) is 11.2 Å². The number of hydrogen-bond donors (Lipinski definition) is 2. The number of aryl methyl sites for hydroxylation is 1. The first-order chi connectivity index (χ1) is 13.9. The van der Waals surface area contributed by atoms with E-state index in [1.807, 2.05) is 26.0 Å². The molecule has 8 heteroatoms. The van der Waals surface area contributed by atoms with Gasteiger partial charge >= 0.3 is 0 Å². The number of aromatic nitrogens is 2. The van der Waals surface area contributed by atoms with Gasteiger partial charge in [0.25, 0.3) is 0 Å². The zero-order valence-electron chi connectivity index (χ0n) is 17.1. The molecule has 1 atom stereocenters. The third kappa shape index (κ3) is 6.04. The van der Waals surface area contributed by atoms with Crippen molar-refractivity contribution < 1.29 is 4.79 Å². The van der Waals surface area contributed by atoms with E-state index in [0.29, 0.717) is 5.92 Å². The summed E-state index contributed by atoms with van der Waals surface area (Å²) in [4.78, 5) is 14.1. The molecule has 5 nitrogen and oxygen atoms in total. The normalized spacial score (nSPS) is 12.2. The van der Waals surface area contributed by atoms with E-state index < -0.39 is 0 Å². The van der Waals surface area contributed by atoms with Crippen molar-refractivity contribution in [2.75, 3.05) is 17.2 Å². The topological polar surface area (TPSA) is 66.9 Å². The number of nitrogens with one attached hydrogen (secondary N) is 2. The van der Waals surface area contributed by atoms with Crippen molar-refractivity contribution in [3.05, 3.63) is 51.7 Å². The van der Waals surface area contributed by atoms with E-state index in [9.17, 15) is 4.79 Å². The summed E-state index contributed by atoms with van der Waals surface area (Å²) in [6.07, 6.45) is 0.965. The zero-order chi connectivity index (χ0) is 20.8. The number of nitrogens with zero attached hydrogens (tertiary/aromatic N) is 2. The van der Waals surface area contributed by atoms with Gasteiger partial charge in [0.1, 0.15) is 0 Å². The van der Waals surface area contributed by atoms with Crippen molar-refractivity contribution in [1.29, 1.82) is 0 Å². The Morgan fingerprint density at radius 2 is 2.00 bits per heavy atom. The summed E-state index contributed by atoms with van der Waals surface area (Å²) < 4.78 is 0.792. The highest BCUT2D eigenvalue weighted by molar-refractivity contribution is 8.02. The van der Waals surface area contributed by atoms with E-state index in [4.69, 9.17) is 0 Å². The molecule has 29 heavy (non-hydrogen) atoms. The number of carbonyl (C=O) groups excluding carboxylic acids is 1. The van der Waals surface area contributed by atoms with Gasteiger partial charge in [0, 0.05) is 17.1 Å². The molecule has 0 fully saturated rings. The van der Waals surface area contributed by atoms with Crippen LogP contribution in [0.25, 0.3) is 0 Å². The molecular formula is C21H26N4OS3. The lowest BCUT2D eigenvalue weighted by Crippen LogP contribution is -2.23. The Hall–Kier alpha value is -1.90. The van der Waals surface area contributed by atoms with Gasteiger partial charge in [0.05, 0.1) is 5.25 Å². The maximum Gasteiger partial charge on any atom is 0.237 e. The fourth-order valence-corrected chi connectivity index (χ4v) is 5.48. The summed E-state index contributed by atoms with van der Waals surface area (Å²) >= 11 is 4.68. The molecular weight excluding hydrogens is 420 g/mol. The highest BCUT2D eigenvalue weighted by atomic mass is 32.2. The molecule has 3 aromatic rings. The maximum absolute atomic E-state index is 12.8. The van der Waals surface area contributed by atoms with E-state index >= 15 is 0 Å². The predicted octanol–water partition coefficient (Wildman–Crippen LogP) is 5.81. The fraction of sp³-hybridized carbons (Fsp3) is 0.381. The van der Waals surface area contributed by atoms with Crippen LogP contribution in [0, 0.1) is 6.92 Å². The van der Waals surface area contributed by atoms with Crippen LogP contribution in [-0.2, 0) is 11.2 Å². The number of thioether (sulfide) groups is 1. The minimum absolute atomic E-state index is 0.0198. The minimum atomic E-state index is -0.262. The molecule has 1 unspecified atom stereocenters. The lowest BCUT2D eigenvalue weighted by molar-refractivity contribution is -0.115. The molecule has 2 aromatic heterocycles. The summed E-state index contributed by atoms with van der Waals surface area (Å²) in [6.45, 7) is 9.02. The Kier molecular flexibility index (Phi) is 7.69. The van der Waals surface area contributed by atoms with Crippen molar-refractivity contribution >= 4 is 51.2 Å². The Morgan fingerprint density at radius 3 is 2.72 bits per heavy atom. The molecule has 0 aliphatic rings. The predicted molar refractivity (Wildman–Crippen MR) is 126 cm³/mol. The first kappa shape index (κ1) is 21.8. The molecule has 154 valence electrons. The van der Waals surface area contributed by atoms with E-state index in [1.165, 1.54) is 28.0 Å². The van der Waals surface area contributed by atoms with Gasteiger partial charge in [0.2, 0.25) is 11.0 Å². The Morgan fingerprint density at radius 1 is 1.17 bits per heavy atom. The lowest BCUT2D eigenvalue weighted by atomic mass is 9.98.